The highest BCUT2D eigenvalue weighted by Gasteiger charge is 2.07. The number of thioether (sulfide) groups is 1. The van der Waals surface area contributed by atoms with Gasteiger partial charge in [-0.3, -0.25) is 4.90 Å². The smallest absolute Gasteiger partial charge is 0.132 e. The molecule has 0 spiro atoms. The number of hydrogen-bond donors (Lipinski definition) is 1. The number of hydrogen-bond acceptors (Lipinski definition) is 4. The minimum atomic E-state index is 0.166. The van der Waals surface area contributed by atoms with E-state index in [1.807, 2.05) is 18.4 Å². The summed E-state index contributed by atoms with van der Waals surface area (Å²) in [6.07, 6.45) is 3.89. The molecule has 0 fully saturated rings. The summed E-state index contributed by atoms with van der Waals surface area (Å²) in [7, 11) is 1.69. The first-order valence-electron chi connectivity index (χ1n) is 5.90. The molecular formula is C14H21NO2S. The van der Waals surface area contributed by atoms with Gasteiger partial charge in [0, 0.05) is 24.5 Å². The quantitative estimate of drug-likeness (QED) is 0.579. The van der Waals surface area contributed by atoms with Gasteiger partial charge in [0.25, 0.3) is 0 Å². The normalized spacial score (nSPS) is 10.7. The van der Waals surface area contributed by atoms with E-state index in [-0.39, 0.29) is 6.61 Å². The van der Waals surface area contributed by atoms with Crippen molar-refractivity contribution in [3.05, 3.63) is 36.4 Å². The van der Waals surface area contributed by atoms with E-state index < -0.39 is 0 Å². The topological polar surface area (TPSA) is 32.7 Å². The first kappa shape index (κ1) is 15.1. The largest absolute Gasteiger partial charge is 0.496 e. The van der Waals surface area contributed by atoms with Crippen LogP contribution in [0.3, 0.4) is 0 Å². The van der Waals surface area contributed by atoms with Gasteiger partial charge in [0.15, 0.2) is 0 Å². The fraction of sp³-hybridized carbons (Fsp3) is 0.429. The summed E-state index contributed by atoms with van der Waals surface area (Å²) in [5.74, 6) is 0.906. The molecule has 0 radical (unpaired) electrons. The van der Waals surface area contributed by atoms with Crippen molar-refractivity contribution in [2.45, 2.75) is 11.4 Å². The second kappa shape index (κ2) is 8.19. The zero-order valence-electron chi connectivity index (χ0n) is 11.1. The van der Waals surface area contributed by atoms with Crippen molar-refractivity contribution in [1.82, 2.24) is 4.90 Å². The van der Waals surface area contributed by atoms with E-state index in [0.717, 1.165) is 23.7 Å². The fourth-order valence-electron chi connectivity index (χ4n) is 1.80. The van der Waals surface area contributed by atoms with Gasteiger partial charge >= 0.3 is 0 Å². The van der Waals surface area contributed by atoms with E-state index in [1.165, 1.54) is 5.56 Å². The zero-order chi connectivity index (χ0) is 13.4. The summed E-state index contributed by atoms with van der Waals surface area (Å²) in [6.45, 7) is 6.15. The summed E-state index contributed by atoms with van der Waals surface area (Å²) in [5.41, 5.74) is 1.22. The van der Waals surface area contributed by atoms with Crippen LogP contribution in [-0.2, 0) is 6.54 Å². The number of rotatable bonds is 8. The van der Waals surface area contributed by atoms with Gasteiger partial charge in [-0.25, -0.2) is 0 Å². The molecule has 0 aliphatic heterocycles. The second-order valence-corrected chi connectivity index (χ2v) is 4.78. The Bertz CT molecular complexity index is 382. The average Bonchev–Trinajstić information content (AvgIpc) is 2.39. The Morgan fingerprint density at radius 3 is 2.83 bits per heavy atom. The van der Waals surface area contributed by atoms with Crippen LogP contribution < -0.4 is 4.74 Å². The standard InChI is InChI=1S/C14H21NO2S/c1-4-7-15(8-9-16)11-12-5-6-13(17-2)14(10-12)18-3/h4-6,10,16H,1,7-9,11H2,2-3H3. The van der Waals surface area contributed by atoms with Crippen LogP contribution in [0.25, 0.3) is 0 Å². The Balaban J connectivity index is 2.79. The molecule has 0 aromatic heterocycles. The molecule has 0 amide bonds. The van der Waals surface area contributed by atoms with E-state index >= 15 is 0 Å². The van der Waals surface area contributed by atoms with Crippen LogP contribution in [0.2, 0.25) is 0 Å². The molecule has 18 heavy (non-hydrogen) atoms. The second-order valence-electron chi connectivity index (χ2n) is 3.94. The Morgan fingerprint density at radius 2 is 2.28 bits per heavy atom. The Morgan fingerprint density at radius 1 is 1.50 bits per heavy atom. The predicted molar refractivity (Wildman–Crippen MR) is 77.3 cm³/mol. The molecule has 0 aliphatic rings. The maximum Gasteiger partial charge on any atom is 0.132 e. The van der Waals surface area contributed by atoms with Crippen molar-refractivity contribution in [1.29, 1.82) is 0 Å². The van der Waals surface area contributed by atoms with Crippen molar-refractivity contribution in [2.24, 2.45) is 0 Å². The lowest BCUT2D eigenvalue weighted by Gasteiger charge is -2.20. The van der Waals surface area contributed by atoms with Crippen LogP contribution in [0.1, 0.15) is 5.56 Å². The highest BCUT2D eigenvalue weighted by Crippen LogP contribution is 2.28. The lowest BCUT2D eigenvalue weighted by molar-refractivity contribution is 0.203. The molecule has 3 nitrogen and oxygen atoms in total. The van der Waals surface area contributed by atoms with Crippen molar-refractivity contribution < 1.29 is 9.84 Å². The van der Waals surface area contributed by atoms with Crippen LogP contribution in [-0.4, -0.2) is 43.1 Å². The predicted octanol–water partition coefficient (Wildman–Crippen LogP) is 2.40. The van der Waals surface area contributed by atoms with Crippen LogP contribution in [0.15, 0.2) is 35.7 Å². The van der Waals surface area contributed by atoms with Gasteiger partial charge in [0.1, 0.15) is 5.75 Å². The number of benzene rings is 1. The Labute approximate surface area is 113 Å². The minimum absolute atomic E-state index is 0.166. The number of ether oxygens (including phenoxy) is 1. The van der Waals surface area contributed by atoms with Crippen LogP contribution in [0.4, 0.5) is 0 Å². The van der Waals surface area contributed by atoms with Gasteiger partial charge in [0.2, 0.25) is 0 Å². The molecule has 0 aliphatic carbocycles. The van der Waals surface area contributed by atoms with Crippen molar-refractivity contribution in [2.75, 3.05) is 33.1 Å². The maximum absolute atomic E-state index is 9.02. The molecule has 0 unspecified atom stereocenters. The Kier molecular flexibility index (Phi) is 6.86. The molecule has 1 rings (SSSR count). The molecular weight excluding hydrogens is 246 g/mol. The summed E-state index contributed by atoms with van der Waals surface area (Å²) in [5, 5.41) is 9.02. The van der Waals surface area contributed by atoms with E-state index in [2.05, 4.69) is 23.6 Å². The molecule has 0 atom stereocenters. The van der Waals surface area contributed by atoms with Crippen molar-refractivity contribution in [3.63, 3.8) is 0 Å². The SMILES string of the molecule is C=CCN(CCO)Cc1ccc(OC)c(SC)c1. The number of aliphatic hydroxyl groups is 1. The van der Waals surface area contributed by atoms with Gasteiger partial charge in [-0.05, 0) is 24.0 Å². The summed E-state index contributed by atoms with van der Waals surface area (Å²) in [4.78, 5) is 3.29. The molecule has 1 aromatic rings. The zero-order valence-corrected chi connectivity index (χ0v) is 11.9. The molecule has 0 heterocycles. The van der Waals surface area contributed by atoms with E-state index in [0.29, 0.717) is 6.54 Å². The maximum atomic E-state index is 9.02. The van der Waals surface area contributed by atoms with E-state index in [9.17, 15) is 0 Å². The van der Waals surface area contributed by atoms with Crippen LogP contribution in [0, 0.1) is 0 Å². The highest BCUT2D eigenvalue weighted by atomic mass is 32.2. The fourth-order valence-corrected chi connectivity index (χ4v) is 2.42. The van der Waals surface area contributed by atoms with Crippen LogP contribution in [0.5, 0.6) is 5.75 Å². The summed E-state index contributed by atoms with van der Waals surface area (Å²) < 4.78 is 5.30. The Hall–Kier alpha value is -0.970. The van der Waals surface area contributed by atoms with Crippen molar-refractivity contribution in [3.8, 4) is 5.75 Å². The first-order valence-corrected chi connectivity index (χ1v) is 7.12. The number of methoxy groups -OCH3 is 1. The summed E-state index contributed by atoms with van der Waals surface area (Å²) in [6, 6.07) is 6.19. The van der Waals surface area contributed by atoms with E-state index in [4.69, 9.17) is 9.84 Å². The monoisotopic (exact) mass is 267 g/mol. The number of aliphatic hydroxyl groups excluding tert-OH is 1. The van der Waals surface area contributed by atoms with Gasteiger partial charge in [-0.15, -0.1) is 18.3 Å². The third-order valence-electron chi connectivity index (χ3n) is 2.66. The van der Waals surface area contributed by atoms with E-state index in [1.54, 1.807) is 18.9 Å². The number of nitrogens with zero attached hydrogens (tertiary/aromatic N) is 1. The molecule has 0 saturated carbocycles. The first-order chi connectivity index (χ1) is 8.74. The third kappa shape index (κ3) is 4.37. The lowest BCUT2D eigenvalue weighted by Crippen LogP contribution is -2.26. The summed E-state index contributed by atoms with van der Waals surface area (Å²) >= 11 is 1.67. The molecule has 0 bridgehead atoms. The van der Waals surface area contributed by atoms with Crippen LogP contribution >= 0.6 is 11.8 Å². The highest BCUT2D eigenvalue weighted by molar-refractivity contribution is 7.98. The lowest BCUT2D eigenvalue weighted by atomic mass is 10.2. The van der Waals surface area contributed by atoms with Gasteiger partial charge in [0.05, 0.1) is 13.7 Å². The minimum Gasteiger partial charge on any atom is -0.496 e. The van der Waals surface area contributed by atoms with Gasteiger partial charge in [-0.2, -0.15) is 0 Å². The molecule has 100 valence electrons. The average molecular weight is 267 g/mol. The molecule has 0 saturated heterocycles. The van der Waals surface area contributed by atoms with Gasteiger partial charge in [-0.1, -0.05) is 12.1 Å². The molecule has 4 heteroatoms. The van der Waals surface area contributed by atoms with Crippen molar-refractivity contribution >= 4 is 11.8 Å². The van der Waals surface area contributed by atoms with Gasteiger partial charge < -0.3 is 9.84 Å². The third-order valence-corrected chi connectivity index (χ3v) is 3.42. The molecule has 1 aromatic carbocycles. The molecule has 1 N–H and O–H groups in total.